The van der Waals surface area contributed by atoms with Crippen molar-refractivity contribution in [1.82, 2.24) is 14.9 Å². The van der Waals surface area contributed by atoms with Gasteiger partial charge in [0.1, 0.15) is 0 Å². The zero-order valence-corrected chi connectivity index (χ0v) is 15.0. The predicted molar refractivity (Wildman–Crippen MR) is 92.2 cm³/mol. The summed E-state index contributed by atoms with van der Waals surface area (Å²) in [5.74, 6) is -0.515. The van der Waals surface area contributed by atoms with Crippen LogP contribution >= 0.6 is 0 Å². The molecule has 0 saturated heterocycles. The Balaban J connectivity index is 1.96. The lowest BCUT2D eigenvalue weighted by atomic mass is 10.1. The summed E-state index contributed by atoms with van der Waals surface area (Å²) in [6.07, 6.45) is 4.52. The van der Waals surface area contributed by atoms with Crippen molar-refractivity contribution in [3.05, 3.63) is 48.3 Å². The third-order valence-electron chi connectivity index (χ3n) is 4.01. The van der Waals surface area contributed by atoms with Gasteiger partial charge in [0.05, 0.1) is 0 Å². The zero-order chi connectivity index (χ0) is 17.8. The van der Waals surface area contributed by atoms with Gasteiger partial charge in [0, 0.05) is 26.0 Å². The molecule has 7 heteroatoms. The summed E-state index contributed by atoms with van der Waals surface area (Å²) < 4.78 is 25.2. The number of nitrogens with zero attached hydrogens (tertiary/aromatic N) is 2. The summed E-state index contributed by atoms with van der Waals surface area (Å²) in [7, 11) is -2.28. The van der Waals surface area contributed by atoms with Crippen molar-refractivity contribution in [2.45, 2.75) is 36.6 Å². The summed E-state index contributed by atoms with van der Waals surface area (Å²) in [5, 5.41) is 2.62. The Morgan fingerprint density at radius 2 is 1.92 bits per heavy atom. The minimum atomic E-state index is -3.87. The molecule has 0 aliphatic carbocycles. The molecule has 1 amide bonds. The Kier molecular flexibility index (Phi) is 5.43. The Labute approximate surface area is 142 Å². The van der Waals surface area contributed by atoms with Gasteiger partial charge in [-0.3, -0.25) is 4.79 Å². The van der Waals surface area contributed by atoms with E-state index in [2.05, 4.69) is 10.3 Å². The fourth-order valence-electron chi connectivity index (χ4n) is 2.31. The van der Waals surface area contributed by atoms with Gasteiger partial charge in [-0.15, -0.1) is 0 Å². The molecule has 0 aliphatic heterocycles. The van der Waals surface area contributed by atoms with E-state index in [1.807, 2.05) is 30.3 Å². The lowest BCUT2D eigenvalue weighted by Gasteiger charge is -2.23. The SMILES string of the molecule is Cn1ccnc1S(=O)(=O)C(C)(C)C(=O)NCCCc1ccccc1. The number of aromatic nitrogens is 2. The first-order valence-corrected chi connectivity index (χ1v) is 9.29. The lowest BCUT2D eigenvalue weighted by Crippen LogP contribution is -2.48. The van der Waals surface area contributed by atoms with Crippen LogP contribution in [0, 0.1) is 0 Å². The average Bonchev–Trinajstić information content (AvgIpc) is 2.99. The van der Waals surface area contributed by atoms with E-state index in [0.29, 0.717) is 6.54 Å². The van der Waals surface area contributed by atoms with Crippen LogP contribution in [0.5, 0.6) is 0 Å². The van der Waals surface area contributed by atoms with Gasteiger partial charge in [0.15, 0.2) is 4.75 Å². The van der Waals surface area contributed by atoms with Gasteiger partial charge in [-0.1, -0.05) is 30.3 Å². The number of aryl methyl sites for hydroxylation is 2. The van der Waals surface area contributed by atoms with Crippen LogP contribution in [0.15, 0.2) is 47.9 Å². The van der Waals surface area contributed by atoms with E-state index < -0.39 is 20.5 Å². The largest absolute Gasteiger partial charge is 0.355 e. The van der Waals surface area contributed by atoms with Gasteiger partial charge in [0.2, 0.25) is 20.9 Å². The van der Waals surface area contributed by atoms with E-state index in [9.17, 15) is 13.2 Å². The number of benzene rings is 1. The molecule has 130 valence electrons. The number of carbonyl (C=O) groups excluding carboxylic acids is 1. The number of carbonyl (C=O) groups is 1. The number of sulfone groups is 1. The molecular formula is C17H23N3O3S. The van der Waals surface area contributed by atoms with Crippen LogP contribution < -0.4 is 5.32 Å². The molecule has 0 unspecified atom stereocenters. The topological polar surface area (TPSA) is 81.1 Å². The number of hydrogen-bond donors (Lipinski definition) is 1. The number of hydrogen-bond acceptors (Lipinski definition) is 4. The van der Waals surface area contributed by atoms with Crippen molar-refractivity contribution in [2.75, 3.05) is 6.54 Å². The van der Waals surface area contributed by atoms with Crippen LogP contribution in [0.1, 0.15) is 25.8 Å². The fraction of sp³-hybridized carbons (Fsp3) is 0.412. The molecule has 2 rings (SSSR count). The normalized spacial score (nSPS) is 12.1. The first-order valence-electron chi connectivity index (χ1n) is 7.81. The van der Waals surface area contributed by atoms with Crippen molar-refractivity contribution in [1.29, 1.82) is 0 Å². The minimum absolute atomic E-state index is 0.105. The van der Waals surface area contributed by atoms with E-state index in [-0.39, 0.29) is 5.16 Å². The first-order chi connectivity index (χ1) is 11.3. The average molecular weight is 349 g/mol. The lowest BCUT2D eigenvalue weighted by molar-refractivity contribution is -0.122. The maximum Gasteiger partial charge on any atom is 0.241 e. The van der Waals surface area contributed by atoms with Crippen molar-refractivity contribution in [3.8, 4) is 0 Å². The molecule has 2 aromatic rings. The molecule has 6 nitrogen and oxygen atoms in total. The summed E-state index contributed by atoms with van der Waals surface area (Å²) in [6.45, 7) is 3.24. The van der Waals surface area contributed by atoms with Crippen LogP contribution in [-0.4, -0.2) is 35.2 Å². The number of nitrogens with one attached hydrogen (secondary N) is 1. The van der Waals surface area contributed by atoms with Crippen LogP contribution in [-0.2, 0) is 28.1 Å². The van der Waals surface area contributed by atoms with Crippen LogP contribution in [0.4, 0.5) is 0 Å². The Morgan fingerprint density at radius 1 is 1.25 bits per heavy atom. The Hall–Kier alpha value is -2.15. The van der Waals surface area contributed by atoms with Crippen molar-refractivity contribution in [2.24, 2.45) is 7.05 Å². The van der Waals surface area contributed by atoms with Crippen LogP contribution in [0.25, 0.3) is 0 Å². The number of amides is 1. The van der Waals surface area contributed by atoms with Crippen LogP contribution in [0.3, 0.4) is 0 Å². The molecule has 1 aromatic carbocycles. The monoisotopic (exact) mass is 349 g/mol. The highest BCUT2D eigenvalue weighted by atomic mass is 32.2. The van der Waals surface area contributed by atoms with E-state index in [1.54, 1.807) is 13.2 Å². The second-order valence-electron chi connectivity index (χ2n) is 6.18. The molecule has 0 fully saturated rings. The predicted octanol–water partition coefficient (Wildman–Crippen LogP) is 1.72. The minimum Gasteiger partial charge on any atom is -0.355 e. The van der Waals surface area contributed by atoms with Crippen molar-refractivity contribution in [3.63, 3.8) is 0 Å². The van der Waals surface area contributed by atoms with Gasteiger partial charge in [-0.2, -0.15) is 0 Å². The third kappa shape index (κ3) is 3.67. The molecule has 0 saturated carbocycles. The molecule has 1 aromatic heterocycles. The highest BCUT2D eigenvalue weighted by Crippen LogP contribution is 2.24. The highest BCUT2D eigenvalue weighted by molar-refractivity contribution is 7.93. The smallest absolute Gasteiger partial charge is 0.241 e. The molecule has 0 spiro atoms. The zero-order valence-electron chi connectivity index (χ0n) is 14.2. The second kappa shape index (κ2) is 7.17. The summed E-state index contributed by atoms with van der Waals surface area (Å²) in [4.78, 5) is 16.3. The summed E-state index contributed by atoms with van der Waals surface area (Å²) >= 11 is 0. The third-order valence-corrected chi connectivity index (χ3v) is 6.41. The van der Waals surface area contributed by atoms with E-state index in [4.69, 9.17) is 0 Å². The quantitative estimate of drug-likeness (QED) is 0.772. The number of imidazole rings is 1. The molecule has 0 aliphatic rings. The fourth-order valence-corrected chi connectivity index (χ4v) is 3.73. The van der Waals surface area contributed by atoms with Gasteiger partial charge in [-0.25, -0.2) is 13.4 Å². The molecule has 0 radical (unpaired) electrons. The van der Waals surface area contributed by atoms with E-state index >= 15 is 0 Å². The van der Waals surface area contributed by atoms with Crippen molar-refractivity contribution < 1.29 is 13.2 Å². The van der Waals surface area contributed by atoms with E-state index in [1.165, 1.54) is 30.2 Å². The molecule has 24 heavy (non-hydrogen) atoms. The highest BCUT2D eigenvalue weighted by Gasteiger charge is 2.44. The van der Waals surface area contributed by atoms with Gasteiger partial charge < -0.3 is 9.88 Å². The molecular weight excluding hydrogens is 326 g/mol. The number of rotatable bonds is 7. The summed E-state index contributed by atoms with van der Waals surface area (Å²) in [6, 6.07) is 9.94. The maximum absolute atomic E-state index is 12.7. The maximum atomic E-state index is 12.7. The molecule has 0 bridgehead atoms. The Bertz CT molecular complexity index is 795. The summed E-state index contributed by atoms with van der Waals surface area (Å²) in [5.41, 5.74) is 1.19. The molecule has 1 heterocycles. The van der Waals surface area contributed by atoms with Gasteiger partial charge >= 0.3 is 0 Å². The van der Waals surface area contributed by atoms with Gasteiger partial charge in [-0.05, 0) is 32.3 Å². The molecule has 0 atom stereocenters. The van der Waals surface area contributed by atoms with Gasteiger partial charge in [0.25, 0.3) is 0 Å². The standard InChI is InChI=1S/C17H23N3O3S/c1-17(2,24(22,23)16-19-12-13-20(16)3)15(21)18-11-7-10-14-8-5-4-6-9-14/h4-6,8-9,12-13H,7,10-11H2,1-3H3,(H,18,21). The first kappa shape index (κ1) is 18.2. The van der Waals surface area contributed by atoms with Crippen molar-refractivity contribution >= 4 is 15.7 Å². The second-order valence-corrected chi connectivity index (χ2v) is 8.57. The van der Waals surface area contributed by atoms with Crippen LogP contribution in [0.2, 0.25) is 0 Å². The Morgan fingerprint density at radius 3 is 2.50 bits per heavy atom. The van der Waals surface area contributed by atoms with E-state index in [0.717, 1.165) is 12.8 Å². The molecule has 1 N–H and O–H groups in total.